The molecule has 9 aromatic rings. The van der Waals surface area contributed by atoms with Crippen molar-refractivity contribution in [1.29, 1.82) is 0 Å². The molecule has 4 heterocycles. The molecule has 0 N–H and O–H groups in total. The highest BCUT2D eigenvalue weighted by Gasteiger charge is 2.59. The predicted molar refractivity (Wildman–Crippen MR) is 377 cm³/mol. The normalized spacial score (nSPS) is 22.3. The van der Waals surface area contributed by atoms with Crippen LogP contribution < -0.4 is 31.1 Å². The zero-order chi connectivity index (χ0) is 60.8. The van der Waals surface area contributed by atoms with E-state index in [0.29, 0.717) is 0 Å². The Morgan fingerprint density at radius 2 is 1.06 bits per heavy atom. The highest BCUT2D eigenvalue weighted by molar-refractivity contribution is 7.26. The summed E-state index contributed by atoms with van der Waals surface area (Å²) in [6.07, 6.45) is 10.4. The SMILES string of the molecule is Cc1cc2c(cc1N1c3cc(N4c5ccc(C(C)(C)C)cc5C5(C)CCCCC45C)cc4c3B(c3cc5c(cc3N4c3cccc4c3-c3ccccc3C4)C(C)(C)CCC5(C)C)c3ccc4c(sc5ccc(C(C)(C)C)cc54)c31)C(C)(C)CCC2(C)C. The summed E-state index contributed by atoms with van der Waals surface area (Å²) < 4.78 is 2.74. The van der Waals surface area contributed by atoms with E-state index in [1.165, 1.54) is 175 Å². The van der Waals surface area contributed by atoms with Gasteiger partial charge in [-0.2, -0.15) is 0 Å². The van der Waals surface area contributed by atoms with Crippen LogP contribution in [0.15, 0.2) is 127 Å². The van der Waals surface area contributed by atoms with Crippen LogP contribution in [-0.4, -0.2) is 12.3 Å². The van der Waals surface area contributed by atoms with E-state index < -0.39 is 0 Å². The highest BCUT2D eigenvalue weighted by atomic mass is 32.1. The molecule has 8 aromatic carbocycles. The first-order valence-corrected chi connectivity index (χ1v) is 34.1. The molecule has 3 aliphatic heterocycles. The van der Waals surface area contributed by atoms with Crippen molar-refractivity contribution in [3.05, 3.63) is 183 Å². The summed E-state index contributed by atoms with van der Waals surface area (Å²) >= 11 is 2.02. The van der Waals surface area contributed by atoms with Gasteiger partial charge in [0.25, 0.3) is 6.71 Å². The number of nitrogens with zero attached hydrogens (tertiary/aromatic N) is 3. The molecule has 1 saturated carbocycles. The van der Waals surface area contributed by atoms with Crippen LogP contribution in [0.1, 0.15) is 218 Å². The Hall–Kier alpha value is -6.56. The second kappa shape index (κ2) is 17.9. The van der Waals surface area contributed by atoms with Gasteiger partial charge in [0.1, 0.15) is 0 Å². The maximum Gasteiger partial charge on any atom is 0.252 e. The molecular formula is C82H90BN3S. The van der Waals surface area contributed by atoms with Crippen LogP contribution in [0.25, 0.3) is 31.3 Å². The summed E-state index contributed by atoms with van der Waals surface area (Å²) in [5.41, 5.74) is 32.1. The van der Waals surface area contributed by atoms with Crippen LogP contribution >= 0.6 is 11.3 Å². The highest BCUT2D eigenvalue weighted by Crippen LogP contribution is 2.64. The van der Waals surface area contributed by atoms with E-state index in [4.69, 9.17) is 0 Å². The first kappa shape index (κ1) is 55.7. The molecule has 87 heavy (non-hydrogen) atoms. The third-order valence-corrected chi connectivity index (χ3v) is 25.4. The third kappa shape index (κ3) is 7.66. The molecule has 4 aliphatic carbocycles. The van der Waals surface area contributed by atoms with Gasteiger partial charge in [0.05, 0.1) is 21.6 Å². The Kier molecular flexibility index (Phi) is 11.4. The molecular weight excluding hydrogens is 1070 g/mol. The molecule has 0 bridgehead atoms. The third-order valence-electron chi connectivity index (χ3n) is 24.2. The van der Waals surface area contributed by atoms with Crippen LogP contribution in [0.4, 0.5) is 45.5 Å². The maximum atomic E-state index is 2.91. The average Bonchev–Trinajstić information content (AvgIpc) is 1.74. The lowest BCUT2D eigenvalue weighted by molar-refractivity contribution is 0.195. The van der Waals surface area contributed by atoms with Crippen LogP contribution in [0.5, 0.6) is 0 Å². The molecule has 0 saturated heterocycles. The molecule has 442 valence electrons. The van der Waals surface area contributed by atoms with Gasteiger partial charge in [-0.25, -0.2) is 0 Å². The van der Waals surface area contributed by atoms with Crippen LogP contribution in [0.3, 0.4) is 0 Å². The molecule has 0 spiro atoms. The van der Waals surface area contributed by atoms with E-state index in [0.717, 1.165) is 32.1 Å². The Morgan fingerprint density at radius 3 is 1.75 bits per heavy atom. The van der Waals surface area contributed by atoms with Crippen LogP contribution in [-0.2, 0) is 44.3 Å². The minimum absolute atomic E-state index is 0.00197. The molecule has 7 aliphatic rings. The Bertz CT molecular complexity index is 4490. The number of aryl methyl sites for hydroxylation is 1. The summed E-state index contributed by atoms with van der Waals surface area (Å²) in [7, 11) is 0. The smallest absolute Gasteiger partial charge is 0.252 e. The lowest BCUT2D eigenvalue weighted by Gasteiger charge is -2.51. The molecule has 2 atom stereocenters. The summed E-state index contributed by atoms with van der Waals surface area (Å²) in [6.45, 7) is 42.1. The van der Waals surface area contributed by atoms with E-state index in [-0.39, 0.29) is 50.2 Å². The van der Waals surface area contributed by atoms with Crippen molar-refractivity contribution >= 4 is 100 Å². The first-order valence-electron chi connectivity index (χ1n) is 33.3. The van der Waals surface area contributed by atoms with Gasteiger partial charge < -0.3 is 14.7 Å². The van der Waals surface area contributed by atoms with Crippen LogP contribution in [0, 0.1) is 6.92 Å². The summed E-state index contributed by atoms with van der Waals surface area (Å²) in [6, 6.07) is 53.0. The molecule has 1 aromatic heterocycles. The number of rotatable bonds is 3. The largest absolute Gasteiger partial charge is 0.334 e. The predicted octanol–water partition coefficient (Wildman–Crippen LogP) is 21.1. The molecule has 3 nitrogen and oxygen atoms in total. The fraction of sp³-hybridized carbons (Fsp3) is 0.415. The Balaban J connectivity index is 1.09. The summed E-state index contributed by atoms with van der Waals surface area (Å²) in [5, 5.41) is 2.73. The molecule has 2 unspecified atom stereocenters. The second-order valence-corrected chi connectivity index (χ2v) is 34.4. The Labute approximate surface area is 524 Å². The molecule has 5 heteroatoms. The number of anilines is 8. The zero-order valence-electron chi connectivity index (χ0n) is 55.3. The van der Waals surface area contributed by atoms with Crippen LogP contribution in [0.2, 0.25) is 0 Å². The molecule has 0 amide bonds. The van der Waals surface area contributed by atoms with Gasteiger partial charge in [-0.15, -0.1) is 11.3 Å². The van der Waals surface area contributed by atoms with Crippen molar-refractivity contribution in [1.82, 2.24) is 0 Å². The zero-order valence-corrected chi connectivity index (χ0v) is 56.1. The number of benzene rings is 8. The van der Waals surface area contributed by atoms with E-state index in [9.17, 15) is 0 Å². The van der Waals surface area contributed by atoms with Gasteiger partial charge in [0.15, 0.2) is 0 Å². The number of thiophene rings is 1. The van der Waals surface area contributed by atoms with E-state index in [1.807, 2.05) is 11.3 Å². The lowest BCUT2D eigenvalue weighted by atomic mass is 9.33. The van der Waals surface area contributed by atoms with Crippen molar-refractivity contribution in [2.45, 2.75) is 219 Å². The molecule has 16 rings (SSSR count). The fourth-order valence-corrected chi connectivity index (χ4v) is 19.6. The molecule has 0 radical (unpaired) electrons. The standard InChI is InChI=1S/C82H90BN3S/c1-48-39-57-59(79(12,13)37-35-77(57,8)9)46-66(48)85-69-44-53(86-64-31-27-52(76(5,6)7)42-61(64)81(16)33-20-21-34-82(81,86)17)43-68-72(69)83(62-30-29-55-56-41-51(75(2,3)4)28-32-70(56)87-74(55)73(62)85)63-45-58-60(80(14,15)38-36-78(58,10)11)47-67(63)84(68)65-26-22-24-50-40-49-23-18-19-25-54(49)71(50)65/h18-19,22-32,39,41-47H,20-21,33-38,40H2,1-17H3. The minimum Gasteiger partial charge on any atom is -0.334 e. The van der Waals surface area contributed by atoms with Gasteiger partial charge in [0, 0.05) is 60.6 Å². The van der Waals surface area contributed by atoms with Crippen molar-refractivity contribution in [2.75, 3.05) is 14.7 Å². The second-order valence-electron chi connectivity index (χ2n) is 33.4. The number of hydrogen-bond acceptors (Lipinski definition) is 4. The average molecular weight is 1160 g/mol. The van der Waals surface area contributed by atoms with Gasteiger partial charge in [-0.1, -0.05) is 196 Å². The van der Waals surface area contributed by atoms with Crippen molar-refractivity contribution in [2.24, 2.45) is 0 Å². The maximum absolute atomic E-state index is 2.91. The monoisotopic (exact) mass is 1160 g/mol. The van der Waals surface area contributed by atoms with Gasteiger partial charge in [-0.05, 0) is 217 Å². The van der Waals surface area contributed by atoms with Gasteiger partial charge in [-0.3, -0.25) is 0 Å². The first-order chi connectivity index (χ1) is 41.0. The lowest BCUT2D eigenvalue weighted by Crippen LogP contribution is -2.62. The van der Waals surface area contributed by atoms with Gasteiger partial charge in [0.2, 0.25) is 0 Å². The van der Waals surface area contributed by atoms with E-state index in [1.54, 1.807) is 0 Å². The van der Waals surface area contributed by atoms with Gasteiger partial charge >= 0.3 is 0 Å². The number of fused-ring (bicyclic) bond motifs is 16. The molecule has 1 fully saturated rings. The number of hydrogen-bond donors (Lipinski definition) is 0. The topological polar surface area (TPSA) is 9.72 Å². The van der Waals surface area contributed by atoms with E-state index >= 15 is 0 Å². The van der Waals surface area contributed by atoms with Crippen molar-refractivity contribution in [3.63, 3.8) is 0 Å². The van der Waals surface area contributed by atoms with Crippen molar-refractivity contribution in [3.8, 4) is 11.1 Å². The van der Waals surface area contributed by atoms with E-state index in [2.05, 4.69) is 260 Å². The quantitative estimate of drug-likeness (QED) is 0.163. The Morgan fingerprint density at radius 1 is 0.460 bits per heavy atom. The minimum atomic E-state index is -0.179. The summed E-state index contributed by atoms with van der Waals surface area (Å²) in [4.78, 5) is 8.60. The van der Waals surface area contributed by atoms with Crippen molar-refractivity contribution < 1.29 is 0 Å². The summed E-state index contributed by atoms with van der Waals surface area (Å²) in [5.74, 6) is 0. The fourth-order valence-electron chi connectivity index (χ4n) is 18.4.